The van der Waals surface area contributed by atoms with E-state index in [1.54, 1.807) is 24.3 Å². The molecule has 0 saturated carbocycles. The van der Waals surface area contributed by atoms with Crippen molar-refractivity contribution in [3.05, 3.63) is 41.2 Å². The number of aliphatic hydroxyl groups excluding tert-OH is 2. The number of aromatic nitrogens is 2. The fraction of sp³-hybridized carbons (Fsp3) is 0.214. The Kier molecular flexibility index (Phi) is 5.26. The monoisotopic (exact) mass is 322 g/mol. The third kappa shape index (κ3) is 3.70. The Bertz CT molecular complexity index is 660. The Hall–Kier alpha value is -2.22. The van der Waals surface area contributed by atoms with E-state index in [0.717, 1.165) is 5.56 Å². The van der Waals surface area contributed by atoms with Crippen LogP contribution in [0.25, 0.3) is 11.3 Å². The summed E-state index contributed by atoms with van der Waals surface area (Å²) < 4.78 is 0. The zero-order valence-electron chi connectivity index (χ0n) is 11.5. The maximum atomic E-state index is 12.1. The van der Waals surface area contributed by atoms with E-state index < -0.39 is 25.2 Å². The van der Waals surface area contributed by atoms with Crippen LogP contribution >= 0.6 is 11.6 Å². The van der Waals surface area contributed by atoms with Crippen molar-refractivity contribution in [1.82, 2.24) is 15.3 Å². The Labute approximate surface area is 131 Å². The van der Waals surface area contributed by atoms with Gasteiger partial charge in [-0.15, -0.1) is 0 Å². The highest BCUT2D eigenvalue weighted by atomic mass is 35.5. The van der Waals surface area contributed by atoms with Crippen LogP contribution in [0.5, 0.6) is 0 Å². The molecule has 0 fully saturated rings. The van der Waals surface area contributed by atoms with Crippen molar-refractivity contribution in [2.24, 2.45) is 0 Å². The van der Waals surface area contributed by atoms with Gasteiger partial charge in [0.1, 0.15) is 0 Å². The van der Waals surface area contributed by atoms with Gasteiger partial charge in [0.25, 0.3) is 5.91 Å². The number of hydrogen-bond acceptors (Lipinski definition) is 6. The summed E-state index contributed by atoms with van der Waals surface area (Å²) in [6, 6.07) is 6.10. The number of nitrogens with zero attached hydrogens (tertiary/aromatic N) is 2. The molecule has 0 atom stereocenters. The van der Waals surface area contributed by atoms with Crippen LogP contribution in [-0.4, -0.2) is 45.3 Å². The minimum Gasteiger partial charge on any atom is -0.394 e. The van der Waals surface area contributed by atoms with Gasteiger partial charge < -0.3 is 21.3 Å². The van der Waals surface area contributed by atoms with Crippen LogP contribution in [0.2, 0.25) is 5.02 Å². The Balaban J connectivity index is 2.30. The van der Waals surface area contributed by atoms with E-state index in [1.165, 1.54) is 6.20 Å². The number of carbonyl (C=O) groups excluding carboxylic acids is 1. The van der Waals surface area contributed by atoms with Gasteiger partial charge in [-0.1, -0.05) is 23.7 Å². The third-order valence-corrected chi connectivity index (χ3v) is 3.18. The lowest BCUT2D eigenvalue weighted by Gasteiger charge is -2.14. The van der Waals surface area contributed by atoms with Gasteiger partial charge in [0.15, 0.2) is 11.5 Å². The lowest BCUT2D eigenvalue weighted by molar-refractivity contribution is 0.0875. The number of rotatable bonds is 5. The van der Waals surface area contributed by atoms with Crippen molar-refractivity contribution in [2.45, 2.75) is 6.04 Å². The Morgan fingerprint density at radius 3 is 2.50 bits per heavy atom. The van der Waals surface area contributed by atoms with Crippen LogP contribution in [0, 0.1) is 0 Å². The van der Waals surface area contributed by atoms with Gasteiger partial charge in [0.05, 0.1) is 31.1 Å². The number of benzene rings is 1. The first-order chi connectivity index (χ1) is 10.5. The van der Waals surface area contributed by atoms with Crippen LogP contribution in [0.4, 0.5) is 5.82 Å². The molecule has 5 N–H and O–H groups in total. The molecule has 1 aromatic heterocycles. The smallest absolute Gasteiger partial charge is 0.274 e. The molecule has 0 aliphatic heterocycles. The molecule has 1 heterocycles. The van der Waals surface area contributed by atoms with Crippen molar-refractivity contribution in [2.75, 3.05) is 18.9 Å². The van der Waals surface area contributed by atoms with E-state index in [0.29, 0.717) is 10.7 Å². The fourth-order valence-electron chi connectivity index (χ4n) is 1.73. The summed E-state index contributed by atoms with van der Waals surface area (Å²) >= 11 is 5.83. The average Bonchev–Trinajstić information content (AvgIpc) is 2.53. The molecule has 7 nitrogen and oxygen atoms in total. The van der Waals surface area contributed by atoms with Gasteiger partial charge in [0.2, 0.25) is 0 Å². The number of nitrogens with two attached hydrogens (primary N) is 1. The second kappa shape index (κ2) is 7.17. The molecular formula is C14H15ClN4O3. The van der Waals surface area contributed by atoms with Gasteiger partial charge in [0, 0.05) is 10.6 Å². The molecular weight excluding hydrogens is 308 g/mol. The number of hydrogen-bond donors (Lipinski definition) is 4. The molecule has 0 aliphatic carbocycles. The summed E-state index contributed by atoms with van der Waals surface area (Å²) in [7, 11) is 0. The summed E-state index contributed by atoms with van der Waals surface area (Å²) in [5.74, 6) is -0.654. The van der Waals surface area contributed by atoms with Crippen molar-refractivity contribution in [3.63, 3.8) is 0 Å². The lowest BCUT2D eigenvalue weighted by Crippen LogP contribution is -2.40. The normalized spacial score (nSPS) is 10.7. The molecule has 0 bridgehead atoms. The molecule has 0 saturated heterocycles. The predicted molar refractivity (Wildman–Crippen MR) is 82.3 cm³/mol. The van der Waals surface area contributed by atoms with Crippen molar-refractivity contribution in [1.29, 1.82) is 0 Å². The summed E-state index contributed by atoms with van der Waals surface area (Å²) in [6.07, 6.45) is 1.45. The van der Waals surface area contributed by atoms with Crippen molar-refractivity contribution >= 4 is 23.3 Å². The average molecular weight is 323 g/mol. The third-order valence-electron chi connectivity index (χ3n) is 2.93. The van der Waals surface area contributed by atoms with Crippen LogP contribution in [0.15, 0.2) is 30.5 Å². The number of amides is 1. The minimum absolute atomic E-state index is 0.0372. The summed E-state index contributed by atoms with van der Waals surface area (Å²) in [4.78, 5) is 20.2. The van der Waals surface area contributed by atoms with Crippen LogP contribution < -0.4 is 11.1 Å². The van der Waals surface area contributed by atoms with Gasteiger partial charge >= 0.3 is 0 Å². The van der Waals surface area contributed by atoms with Crippen LogP contribution in [0.1, 0.15) is 10.5 Å². The van der Waals surface area contributed by atoms with E-state index in [1.807, 2.05) is 0 Å². The number of halogens is 1. The molecule has 1 amide bonds. The molecule has 2 aromatic rings. The number of anilines is 1. The highest BCUT2D eigenvalue weighted by Crippen LogP contribution is 2.20. The number of nitrogen functional groups attached to an aromatic ring is 1. The fourth-order valence-corrected chi connectivity index (χ4v) is 1.85. The number of aliphatic hydroxyl groups is 2. The highest BCUT2D eigenvalue weighted by Gasteiger charge is 2.18. The van der Waals surface area contributed by atoms with Crippen molar-refractivity contribution in [3.8, 4) is 11.3 Å². The maximum absolute atomic E-state index is 12.1. The summed E-state index contributed by atoms with van der Waals surface area (Å²) in [5.41, 5.74) is 6.79. The van der Waals surface area contributed by atoms with E-state index in [-0.39, 0.29) is 11.5 Å². The quantitative estimate of drug-likeness (QED) is 0.634. The molecule has 2 rings (SSSR count). The van der Waals surface area contributed by atoms with Crippen LogP contribution in [0.3, 0.4) is 0 Å². The minimum atomic E-state index is -0.784. The molecule has 0 unspecified atom stereocenters. The van der Waals surface area contributed by atoms with E-state index in [2.05, 4.69) is 15.3 Å². The second-order valence-electron chi connectivity index (χ2n) is 4.53. The molecule has 22 heavy (non-hydrogen) atoms. The Morgan fingerprint density at radius 1 is 1.27 bits per heavy atom. The number of nitrogens with one attached hydrogen (secondary N) is 1. The first kappa shape index (κ1) is 16.2. The number of carbonyl (C=O) groups is 1. The van der Waals surface area contributed by atoms with Gasteiger partial charge in [-0.05, 0) is 12.1 Å². The second-order valence-corrected chi connectivity index (χ2v) is 4.97. The molecule has 116 valence electrons. The van der Waals surface area contributed by atoms with E-state index >= 15 is 0 Å². The van der Waals surface area contributed by atoms with Gasteiger partial charge in [-0.25, -0.2) is 9.97 Å². The SMILES string of the molecule is Nc1ncc(-c2ccc(Cl)cc2)nc1C(=O)NC(CO)CO. The Morgan fingerprint density at radius 2 is 1.91 bits per heavy atom. The maximum Gasteiger partial charge on any atom is 0.274 e. The first-order valence-corrected chi connectivity index (χ1v) is 6.84. The van der Waals surface area contributed by atoms with Crippen molar-refractivity contribution < 1.29 is 15.0 Å². The summed E-state index contributed by atoms with van der Waals surface area (Å²) in [5, 5.41) is 21.0. The van der Waals surface area contributed by atoms with Gasteiger partial charge in [-0.2, -0.15) is 0 Å². The first-order valence-electron chi connectivity index (χ1n) is 6.46. The molecule has 0 radical (unpaired) electrons. The zero-order valence-corrected chi connectivity index (χ0v) is 12.3. The summed E-state index contributed by atoms with van der Waals surface area (Å²) in [6.45, 7) is -0.793. The molecule has 0 spiro atoms. The lowest BCUT2D eigenvalue weighted by atomic mass is 10.1. The van der Waals surface area contributed by atoms with E-state index in [4.69, 9.17) is 27.5 Å². The molecule has 8 heteroatoms. The topological polar surface area (TPSA) is 121 Å². The molecule has 0 aliphatic rings. The standard InChI is InChI=1S/C14H15ClN4O3/c15-9-3-1-8(2-4-9)11-5-17-13(16)12(19-11)14(22)18-10(6-20)7-21/h1-5,10,20-21H,6-7H2,(H2,16,17)(H,18,22). The largest absolute Gasteiger partial charge is 0.394 e. The highest BCUT2D eigenvalue weighted by molar-refractivity contribution is 6.30. The van der Waals surface area contributed by atoms with Gasteiger partial charge in [-0.3, -0.25) is 4.79 Å². The molecule has 1 aromatic carbocycles. The van der Waals surface area contributed by atoms with Crippen LogP contribution in [-0.2, 0) is 0 Å². The zero-order chi connectivity index (χ0) is 16.1. The predicted octanol–water partition coefficient (Wildman–Crippen LogP) is 0.462. The van der Waals surface area contributed by atoms with E-state index in [9.17, 15) is 4.79 Å².